The van der Waals surface area contributed by atoms with Crippen molar-refractivity contribution in [1.29, 1.82) is 0 Å². The van der Waals surface area contributed by atoms with E-state index in [0.717, 1.165) is 5.69 Å². The van der Waals surface area contributed by atoms with Crippen molar-refractivity contribution < 1.29 is 4.79 Å². The van der Waals surface area contributed by atoms with Crippen LogP contribution in [0.2, 0.25) is 0 Å². The average molecular weight is 218 g/mol. The number of carbonyl (C=O) groups is 1. The first-order valence-corrected chi connectivity index (χ1v) is 5.00. The molecule has 0 radical (unpaired) electrons. The van der Waals surface area contributed by atoms with Gasteiger partial charge in [0.05, 0.1) is 11.9 Å². The molecule has 0 aromatic carbocycles. The van der Waals surface area contributed by atoms with Gasteiger partial charge in [-0.1, -0.05) is 0 Å². The van der Waals surface area contributed by atoms with E-state index in [2.05, 4.69) is 10.4 Å². The summed E-state index contributed by atoms with van der Waals surface area (Å²) >= 11 is 0. The Morgan fingerprint density at radius 1 is 1.38 bits per heavy atom. The second-order valence-electron chi connectivity index (χ2n) is 3.78. The minimum atomic E-state index is -0.122. The van der Waals surface area contributed by atoms with E-state index in [1.807, 2.05) is 31.7 Å². The highest BCUT2D eigenvalue weighted by Crippen LogP contribution is 2.10. The molecule has 0 unspecified atom stereocenters. The zero-order chi connectivity index (χ0) is 11.7. The lowest BCUT2D eigenvalue weighted by molar-refractivity contribution is 0.101. The summed E-state index contributed by atoms with van der Waals surface area (Å²) in [6.07, 6.45) is 3.38. The predicted molar refractivity (Wildman–Crippen MR) is 61.3 cm³/mol. The van der Waals surface area contributed by atoms with Gasteiger partial charge in [0.25, 0.3) is 5.91 Å². The molecule has 84 valence electrons. The maximum Gasteiger partial charge on any atom is 0.272 e. The number of hydrogen-bond acceptors (Lipinski definition) is 2. The molecule has 0 spiro atoms. The minimum Gasteiger partial charge on any atom is -0.344 e. The molecule has 0 saturated carbocycles. The molecule has 0 aliphatic carbocycles. The van der Waals surface area contributed by atoms with Gasteiger partial charge in [-0.3, -0.25) is 9.48 Å². The average Bonchev–Trinajstić information content (AvgIpc) is 2.76. The van der Waals surface area contributed by atoms with Crippen LogP contribution in [0, 0.1) is 6.92 Å². The first-order valence-electron chi connectivity index (χ1n) is 5.00. The number of anilines is 1. The van der Waals surface area contributed by atoms with E-state index < -0.39 is 0 Å². The highest BCUT2D eigenvalue weighted by atomic mass is 16.1. The molecule has 5 heteroatoms. The number of rotatable bonds is 2. The molecule has 0 fully saturated rings. The molecule has 2 aromatic rings. The fourth-order valence-electron chi connectivity index (χ4n) is 1.52. The van der Waals surface area contributed by atoms with E-state index in [4.69, 9.17) is 0 Å². The summed E-state index contributed by atoms with van der Waals surface area (Å²) in [6.45, 7) is 1.96. The monoisotopic (exact) mass is 218 g/mol. The van der Waals surface area contributed by atoms with Crippen LogP contribution in [-0.2, 0) is 14.1 Å². The van der Waals surface area contributed by atoms with Gasteiger partial charge in [-0.05, 0) is 19.1 Å². The van der Waals surface area contributed by atoms with Crippen molar-refractivity contribution in [3.8, 4) is 0 Å². The zero-order valence-electron chi connectivity index (χ0n) is 9.56. The second-order valence-corrected chi connectivity index (χ2v) is 3.78. The molecule has 5 nitrogen and oxygen atoms in total. The molecule has 16 heavy (non-hydrogen) atoms. The normalized spacial score (nSPS) is 10.4. The second kappa shape index (κ2) is 3.84. The summed E-state index contributed by atoms with van der Waals surface area (Å²) in [5.41, 5.74) is 2.39. The molecule has 0 aliphatic rings. The third-order valence-electron chi connectivity index (χ3n) is 2.57. The quantitative estimate of drug-likeness (QED) is 0.826. The van der Waals surface area contributed by atoms with Crippen molar-refractivity contribution in [2.45, 2.75) is 6.92 Å². The van der Waals surface area contributed by atoms with E-state index >= 15 is 0 Å². The Kier molecular flexibility index (Phi) is 2.52. The zero-order valence-corrected chi connectivity index (χ0v) is 9.56. The molecule has 2 heterocycles. The van der Waals surface area contributed by atoms with E-state index in [0.29, 0.717) is 11.4 Å². The van der Waals surface area contributed by atoms with Crippen LogP contribution in [-0.4, -0.2) is 20.3 Å². The van der Waals surface area contributed by atoms with Crippen LogP contribution in [0.4, 0.5) is 5.69 Å². The Bertz CT molecular complexity index is 524. The van der Waals surface area contributed by atoms with E-state index in [9.17, 15) is 4.79 Å². The minimum absolute atomic E-state index is 0.122. The number of aromatic nitrogens is 3. The standard InChI is InChI=1S/C11H14N4O/c1-8-4-5-10(15(8)3)11(16)13-9-6-12-14(2)7-9/h4-7H,1-3H3,(H,13,16). The molecule has 0 aliphatic heterocycles. The van der Waals surface area contributed by atoms with Crippen molar-refractivity contribution in [3.63, 3.8) is 0 Å². The van der Waals surface area contributed by atoms with Gasteiger partial charge in [-0.2, -0.15) is 5.10 Å². The van der Waals surface area contributed by atoms with Crippen molar-refractivity contribution in [1.82, 2.24) is 14.3 Å². The Labute approximate surface area is 93.7 Å². The van der Waals surface area contributed by atoms with Gasteiger partial charge >= 0.3 is 0 Å². The van der Waals surface area contributed by atoms with Gasteiger partial charge in [0.1, 0.15) is 5.69 Å². The number of aryl methyl sites for hydroxylation is 2. The first-order chi connectivity index (χ1) is 7.58. The maximum absolute atomic E-state index is 11.9. The molecule has 0 bridgehead atoms. The summed E-state index contributed by atoms with van der Waals surface area (Å²) in [4.78, 5) is 11.9. The van der Waals surface area contributed by atoms with Crippen molar-refractivity contribution in [2.24, 2.45) is 14.1 Å². The lowest BCUT2D eigenvalue weighted by atomic mass is 10.4. The fourth-order valence-corrected chi connectivity index (χ4v) is 1.52. The molecule has 2 aromatic heterocycles. The Hall–Kier alpha value is -2.04. The van der Waals surface area contributed by atoms with E-state index in [1.54, 1.807) is 23.1 Å². The number of nitrogens with zero attached hydrogens (tertiary/aromatic N) is 3. The van der Waals surface area contributed by atoms with Gasteiger partial charge in [0, 0.05) is 26.0 Å². The lowest BCUT2D eigenvalue weighted by Crippen LogP contribution is -2.15. The summed E-state index contributed by atoms with van der Waals surface area (Å²) in [5.74, 6) is -0.122. The van der Waals surface area contributed by atoms with Crippen LogP contribution in [0.15, 0.2) is 24.5 Å². The topological polar surface area (TPSA) is 51.9 Å². The highest BCUT2D eigenvalue weighted by molar-refractivity contribution is 6.03. The summed E-state index contributed by atoms with van der Waals surface area (Å²) in [7, 11) is 3.68. The fraction of sp³-hybridized carbons (Fsp3) is 0.273. The number of amides is 1. The third-order valence-corrected chi connectivity index (χ3v) is 2.57. The van der Waals surface area contributed by atoms with Crippen molar-refractivity contribution in [2.75, 3.05) is 5.32 Å². The van der Waals surface area contributed by atoms with Gasteiger partial charge in [0.15, 0.2) is 0 Å². The summed E-state index contributed by atoms with van der Waals surface area (Å²) in [5, 5.41) is 6.78. The molecule has 1 N–H and O–H groups in total. The largest absolute Gasteiger partial charge is 0.344 e. The molecular formula is C11H14N4O. The summed E-state index contributed by atoms with van der Waals surface area (Å²) in [6, 6.07) is 3.72. The van der Waals surface area contributed by atoms with Gasteiger partial charge in [-0.15, -0.1) is 0 Å². The number of hydrogen-bond donors (Lipinski definition) is 1. The van der Waals surface area contributed by atoms with Crippen LogP contribution >= 0.6 is 0 Å². The van der Waals surface area contributed by atoms with Gasteiger partial charge in [0.2, 0.25) is 0 Å². The van der Waals surface area contributed by atoms with E-state index in [1.165, 1.54) is 0 Å². The highest BCUT2D eigenvalue weighted by Gasteiger charge is 2.11. The van der Waals surface area contributed by atoms with Crippen molar-refractivity contribution in [3.05, 3.63) is 35.9 Å². The Morgan fingerprint density at radius 2 is 2.12 bits per heavy atom. The van der Waals surface area contributed by atoms with Crippen LogP contribution in [0.1, 0.15) is 16.2 Å². The maximum atomic E-state index is 11.9. The molecule has 1 amide bonds. The summed E-state index contributed by atoms with van der Waals surface area (Å²) < 4.78 is 3.50. The molecule has 2 rings (SSSR count). The van der Waals surface area contributed by atoms with E-state index in [-0.39, 0.29) is 5.91 Å². The Morgan fingerprint density at radius 3 is 2.62 bits per heavy atom. The molecule has 0 saturated heterocycles. The van der Waals surface area contributed by atoms with Gasteiger partial charge < -0.3 is 9.88 Å². The SMILES string of the molecule is Cc1ccc(C(=O)Nc2cnn(C)c2)n1C. The first kappa shape index (κ1) is 10.5. The van der Waals surface area contributed by atoms with Crippen LogP contribution in [0.25, 0.3) is 0 Å². The third kappa shape index (κ3) is 1.84. The number of carbonyl (C=O) groups excluding carboxylic acids is 1. The van der Waals surface area contributed by atoms with Crippen LogP contribution < -0.4 is 5.32 Å². The number of nitrogens with one attached hydrogen (secondary N) is 1. The molecule has 0 atom stereocenters. The van der Waals surface area contributed by atoms with Gasteiger partial charge in [-0.25, -0.2) is 0 Å². The van der Waals surface area contributed by atoms with Crippen LogP contribution in [0.5, 0.6) is 0 Å². The van der Waals surface area contributed by atoms with Crippen molar-refractivity contribution >= 4 is 11.6 Å². The molecular weight excluding hydrogens is 204 g/mol. The smallest absolute Gasteiger partial charge is 0.272 e. The predicted octanol–water partition coefficient (Wildman–Crippen LogP) is 1.32. The Balaban J connectivity index is 2.18. The lowest BCUT2D eigenvalue weighted by Gasteiger charge is -2.04. The van der Waals surface area contributed by atoms with Crippen LogP contribution in [0.3, 0.4) is 0 Å².